The van der Waals surface area contributed by atoms with Gasteiger partial charge in [-0.15, -0.1) is 0 Å². The molecule has 1 N–H and O–H groups in total. The Morgan fingerprint density at radius 1 is 0.655 bits per heavy atom. The maximum atomic E-state index is 15.0. The maximum Gasteiger partial charge on any atom is 0.242 e. The van der Waals surface area contributed by atoms with E-state index in [9.17, 15) is 30.8 Å². The Hall–Kier alpha value is -8.34. The minimum atomic E-state index is -3.09. The van der Waals surface area contributed by atoms with E-state index in [4.69, 9.17) is 9.47 Å². The molecule has 24 nitrogen and oxygen atoms in total. The summed E-state index contributed by atoms with van der Waals surface area (Å²) >= 11 is 0. The van der Waals surface area contributed by atoms with Gasteiger partial charge in [-0.05, 0) is 77.9 Å². The first-order chi connectivity index (χ1) is 39.8. The third-order valence-electron chi connectivity index (χ3n) is 13.5. The van der Waals surface area contributed by atoms with Crippen molar-refractivity contribution < 1.29 is 44.7 Å². The lowest BCUT2D eigenvalue weighted by Gasteiger charge is -2.34. The number of hydrogen-bond acceptors (Lipinski definition) is 20. The Balaban J connectivity index is 0.000000201. The number of aromatic nitrogens is 12. The molecule has 2 saturated heterocycles. The molecule has 0 unspecified atom stereocenters. The lowest BCUT2D eigenvalue weighted by atomic mass is 10.2. The van der Waals surface area contributed by atoms with E-state index in [1.807, 2.05) is 49.3 Å². The molecule has 0 bridgehead atoms. The fourth-order valence-electron chi connectivity index (χ4n) is 9.58. The number of ether oxygens (including phenoxy) is 2. The van der Waals surface area contributed by atoms with Crippen LogP contribution in [0.25, 0.3) is 44.8 Å². The molecule has 0 aromatic carbocycles. The Morgan fingerprint density at radius 3 is 1.50 bits per heavy atom. The zero-order valence-corrected chi connectivity index (χ0v) is 50.0. The number of sulfone groups is 2. The monoisotopic (exact) mass is 1190 g/mol. The van der Waals surface area contributed by atoms with Crippen LogP contribution in [0.5, 0.6) is 11.8 Å². The summed E-state index contributed by atoms with van der Waals surface area (Å²) in [5, 5.41) is 3.96. The van der Waals surface area contributed by atoms with Gasteiger partial charge in [0.2, 0.25) is 23.6 Å². The number of nitrogens with one attached hydrogen (secondary N) is 1. The van der Waals surface area contributed by atoms with Crippen LogP contribution in [0.15, 0.2) is 73.2 Å². The number of aryl methyl sites for hydroxylation is 2. The van der Waals surface area contributed by atoms with Gasteiger partial charge in [-0.25, -0.2) is 65.5 Å². The molecular formula is C56H66F2N16O8S2. The summed E-state index contributed by atoms with van der Waals surface area (Å²) in [6, 6.07) is 11.1. The number of hydrogen-bond donors (Lipinski definition) is 1. The SMILES string of the molecule is C=CS(C)(=O)=O.COc1nc(-c2nc(Cc3ccc(N4CCN(CCS(C)(=O)=O)CC4=O)cn3)ncc2F)cc2c1nc(C)n2C(C)C.COc1nc(-c2nc(Cc3ccc(N4CCNCC4=O)cn3)ncc2F)cc2c1nc(C)n2C(C)C. The van der Waals surface area contributed by atoms with Crippen LogP contribution in [-0.2, 0) is 42.1 Å². The van der Waals surface area contributed by atoms with Crippen molar-refractivity contribution in [2.24, 2.45) is 0 Å². The third kappa shape index (κ3) is 14.7. The lowest BCUT2D eigenvalue weighted by Crippen LogP contribution is -2.51. The van der Waals surface area contributed by atoms with Crippen LogP contribution in [0.1, 0.15) is 74.5 Å². The molecule has 2 aliphatic heterocycles. The summed E-state index contributed by atoms with van der Waals surface area (Å²) in [5.74, 6) is 1.68. The van der Waals surface area contributed by atoms with Gasteiger partial charge in [0.05, 0.1) is 104 Å². The lowest BCUT2D eigenvalue weighted by molar-refractivity contribution is -0.121. The third-order valence-corrected chi connectivity index (χ3v) is 15.1. The second kappa shape index (κ2) is 26.1. The number of imidazole rings is 2. The molecule has 2 fully saturated rings. The standard InChI is InChI=1S/C28H33FN8O4S.C25H27FN8O2.C3H6O2S/c1-17(2)37-18(3)32-27-23(37)13-22(33-28(27)41-4)26-21(29)15-31-24(34-26)12-19-6-7-20(14-30-19)36-9-8-35(16-25(36)38)10-11-42(5,39)40;1-14(2)34-15(3)30-24-20(34)10-19(31-25(24)36-4)23-18(26)12-29-21(32-23)9-16-5-6-17(11-28-16)33-8-7-27-13-22(33)35;1-3-6(2,4)5/h6-7,13-15,17H,8-12,16H2,1-5H3;5-6,10-12,14,27H,7-9,13H2,1-4H3;3H,1H2,2H3. The number of piperazine rings is 2. The molecule has 0 aliphatic carbocycles. The van der Waals surface area contributed by atoms with Gasteiger partial charge in [0.15, 0.2) is 32.5 Å². The number of anilines is 2. The molecule has 8 aromatic heterocycles. The van der Waals surface area contributed by atoms with E-state index in [0.717, 1.165) is 59.0 Å². The van der Waals surface area contributed by atoms with E-state index in [1.165, 1.54) is 20.5 Å². The molecule has 10 heterocycles. The van der Waals surface area contributed by atoms with Gasteiger partial charge < -0.3 is 33.7 Å². The van der Waals surface area contributed by atoms with Crippen LogP contribution in [-0.4, -0.2) is 171 Å². The predicted molar refractivity (Wildman–Crippen MR) is 313 cm³/mol. The largest absolute Gasteiger partial charge is 0.479 e. The zero-order chi connectivity index (χ0) is 60.8. The maximum absolute atomic E-state index is 15.0. The van der Waals surface area contributed by atoms with Gasteiger partial charge >= 0.3 is 0 Å². The quantitative estimate of drug-likeness (QED) is 0.123. The summed E-state index contributed by atoms with van der Waals surface area (Å²) in [5.41, 5.74) is 6.29. The first-order valence-electron chi connectivity index (χ1n) is 26.7. The van der Waals surface area contributed by atoms with Gasteiger partial charge in [0, 0.05) is 74.1 Å². The van der Waals surface area contributed by atoms with Crippen molar-refractivity contribution in [3.8, 4) is 34.5 Å². The molecule has 84 heavy (non-hydrogen) atoms. The summed E-state index contributed by atoms with van der Waals surface area (Å²) in [7, 11) is -2.98. The number of pyridine rings is 4. The van der Waals surface area contributed by atoms with E-state index in [0.29, 0.717) is 96.2 Å². The number of rotatable bonds is 16. The van der Waals surface area contributed by atoms with Crippen LogP contribution in [0.4, 0.5) is 20.2 Å². The molecule has 8 aromatic rings. The average molecular weight is 1190 g/mol. The van der Waals surface area contributed by atoms with Crippen LogP contribution < -0.4 is 24.6 Å². The van der Waals surface area contributed by atoms with Crippen molar-refractivity contribution >= 4 is 64.9 Å². The molecule has 2 aliphatic rings. The minimum Gasteiger partial charge on any atom is -0.479 e. The average Bonchev–Trinajstić information content (AvgIpc) is 2.11. The number of methoxy groups -OCH3 is 2. The van der Waals surface area contributed by atoms with Crippen molar-refractivity contribution in [3.05, 3.63) is 119 Å². The second-order valence-electron chi connectivity index (χ2n) is 20.5. The molecule has 0 spiro atoms. The second-order valence-corrected chi connectivity index (χ2v) is 24.8. The number of fused-ring (bicyclic) bond motifs is 2. The molecule has 2 amide bonds. The topological polar surface area (TPSA) is 281 Å². The molecule has 10 rings (SSSR count). The number of halogens is 2. The first-order valence-corrected chi connectivity index (χ1v) is 30.7. The van der Waals surface area contributed by atoms with Crippen LogP contribution >= 0.6 is 0 Å². The van der Waals surface area contributed by atoms with Gasteiger partial charge in [-0.3, -0.25) is 24.5 Å². The Labute approximate surface area is 485 Å². The number of carbonyl (C=O) groups is 2. The summed E-state index contributed by atoms with van der Waals surface area (Å²) in [6.45, 7) is 18.2. The summed E-state index contributed by atoms with van der Waals surface area (Å²) in [4.78, 5) is 74.5. The highest BCUT2D eigenvalue weighted by molar-refractivity contribution is 7.93. The van der Waals surface area contributed by atoms with Crippen LogP contribution in [0, 0.1) is 25.5 Å². The molecule has 0 atom stereocenters. The highest BCUT2D eigenvalue weighted by Crippen LogP contribution is 2.34. The van der Waals surface area contributed by atoms with E-state index in [1.54, 1.807) is 46.5 Å². The van der Waals surface area contributed by atoms with Gasteiger partial charge in [0.1, 0.15) is 44.5 Å². The Bertz CT molecular complexity index is 3960. The van der Waals surface area contributed by atoms with E-state index >= 15 is 4.39 Å². The smallest absolute Gasteiger partial charge is 0.242 e. The first kappa shape index (κ1) is 61.7. The van der Waals surface area contributed by atoms with Gasteiger partial charge in [-0.1, -0.05) is 6.58 Å². The zero-order valence-electron chi connectivity index (χ0n) is 48.3. The van der Waals surface area contributed by atoms with E-state index < -0.39 is 31.3 Å². The summed E-state index contributed by atoms with van der Waals surface area (Å²) < 4.78 is 87.6. The van der Waals surface area contributed by atoms with Crippen molar-refractivity contribution in [2.45, 2.75) is 66.5 Å². The number of amides is 2. The highest BCUT2D eigenvalue weighted by Gasteiger charge is 2.27. The summed E-state index contributed by atoms with van der Waals surface area (Å²) in [6.07, 6.45) is 8.37. The molecule has 444 valence electrons. The number of carbonyl (C=O) groups excluding carboxylic acids is 2. The predicted octanol–water partition coefficient (Wildman–Crippen LogP) is 5.63. The molecule has 0 saturated carbocycles. The highest BCUT2D eigenvalue weighted by atomic mass is 32.2. The van der Waals surface area contributed by atoms with Crippen molar-refractivity contribution in [1.29, 1.82) is 0 Å². The Kier molecular flexibility index (Phi) is 19.2. The van der Waals surface area contributed by atoms with E-state index in [2.05, 4.69) is 80.2 Å². The van der Waals surface area contributed by atoms with Crippen molar-refractivity contribution in [3.63, 3.8) is 0 Å². The van der Waals surface area contributed by atoms with Crippen LogP contribution in [0.3, 0.4) is 0 Å². The fourth-order valence-corrected chi connectivity index (χ4v) is 10.2. The minimum absolute atomic E-state index is 0.0104. The fraction of sp³-hybridized carbons (Fsp3) is 0.393. The number of nitrogens with zero attached hydrogens (tertiary/aromatic N) is 15. The molecule has 0 radical (unpaired) electrons. The van der Waals surface area contributed by atoms with Gasteiger partial charge in [0.25, 0.3) is 0 Å². The Morgan fingerprint density at radius 2 is 1.12 bits per heavy atom. The van der Waals surface area contributed by atoms with Crippen molar-refractivity contribution in [1.82, 2.24) is 69.2 Å². The molecular weight excluding hydrogens is 1130 g/mol. The van der Waals surface area contributed by atoms with Crippen molar-refractivity contribution in [2.75, 3.05) is 88.1 Å². The molecule has 28 heteroatoms. The van der Waals surface area contributed by atoms with Gasteiger partial charge in [-0.2, -0.15) is 0 Å². The van der Waals surface area contributed by atoms with Crippen LogP contribution in [0.2, 0.25) is 0 Å². The van der Waals surface area contributed by atoms with E-state index in [-0.39, 0.29) is 59.9 Å². The normalized spacial score (nSPS) is 14.2.